The van der Waals surface area contributed by atoms with Gasteiger partial charge < -0.3 is 0 Å². The standard InChI is InChI=1S/C20H27ClN2O6S3/c1-5-22(6-2)31(26,27)18-11-9-10-16(14-18)30(24,25)17-12-13-19(21)20(15-17)32(28,29)23(7-3)8-4/h9-15H,5-8H2,1-4H3. The van der Waals surface area contributed by atoms with E-state index in [4.69, 9.17) is 11.6 Å². The molecule has 0 radical (unpaired) electrons. The molecule has 0 N–H and O–H groups in total. The lowest BCUT2D eigenvalue weighted by atomic mass is 10.4. The van der Waals surface area contributed by atoms with Crippen LogP contribution in [0.2, 0.25) is 5.02 Å². The van der Waals surface area contributed by atoms with Crippen molar-refractivity contribution < 1.29 is 25.3 Å². The predicted molar refractivity (Wildman–Crippen MR) is 124 cm³/mol. The molecule has 2 aromatic rings. The van der Waals surface area contributed by atoms with Gasteiger partial charge in [-0.15, -0.1) is 0 Å². The summed E-state index contributed by atoms with van der Waals surface area (Å²) in [6.45, 7) is 7.56. The minimum atomic E-state index is -4.22. The zero-order valence-electron chi connectivity index (χ0n) is 18.3. The van der Waals surface area contributed by atoms with Crippen molar-refractivity contribution >= 4 is 41.5 Å². The summed E-state index contributed by atoms with van der Waals surface area (Å²) >= 11 is 6.10. The normalized spacial score (nSPS) is 13.1. The molecule has 0 spiro atoms. The minimum absolute atomic E-state index is 0.103. The molecule has 0 aliphatic heterocycles. The van der Waals surface area contributed by atoms with Crippen LogP contribution < -0.4 is 0 Å². The molecule has 0 heterocycles. The quantitative estimate of drug-likeness (QED) is 0.474. The maximum absolute atomic E-state index is 13.3. The van der Waals surface area contributed by atoms with Gasteiger partial charge in [0, 0.05) is 26.2 Å². The number of rotatable bonds is 10. The van der Waals surface area contributed by atoms with Crippen molar-refractivity contribution in [1.82, 2.24) is 8.61 Å². The van der Waals surface area contributed by atoms with Crippen molar-refractivity contribution in [2.45, 2.75) is 47.3 Å². The molecule has 2 aromatic carbocycles. The fourth-order valence-electron chi connectivity index (χ4n) is 3.20. The molecule has 0 bridgehead atoms. The molecule has 2 rings (SSSR count). The minimum Gasteiger partial charge on any atom is -0.219 e. The van der Waals surface area contributed by atoms with Crippen molar-refractivity contribution in [3.8, 4) is 0 Å². The van der Waals surface area contributed by atoms with Gasteiger partial charge in [0.05, 0.1) is 19.7 Å². The highest BCUT2D eigenvalue weighted by atomic mass is 35.5. The second-order valence-electron chi connectivity index (χ2n) is 6.75. The summed E-state index contributed by atoms with van der Waals surface area (Å²) in [5, 5.41) is -0.103. The largest absolute Gasteiger partial charge is 0.244 e. The third kappa shape index (κ3) is 5.02. The van der Waals surface area contributed by atoms with E-state index in [1.165, 1.54) is 38.9 Å². The number of hydrogen-bond donors (Lipinski definition) is 0. The van der Waals surface area contributed by atoms with Crippen LogP contribution in [0.5, 0.6) is 0 Å². The van der Waals surface area contributed by atoms with Crippen molar-refractivity contribution in [2.24, 2.45) is 0 Å². The van der Waals surface area contributed by atoms with Crippen molar-refractivity contribution in [1.29, 1.82) is 0 Å². The van der Waals surface area contributed by atoms with Gasteiger partial charge in [-0.25, -0.2) is 25.3 Å². The average Bonchev–Trinajstić information content (AvgIpc) is 2.75. The fraction of sp³-hybridized carbons (Fsp3) is 0.400. The van der Waals surface area contributed by atoms with Crippen molar-refractivity contribution in [2.75, 3.05) is 26.2 Å². The third-order valence-electron chi connectivity index (χ3n) is 5.00. The van der Waals surface area contributed by atoms with E-state index in [1.807, 2.05) is 0 Å². The Kier molecular flexibility index (Phi) is 8.52. The van der Waals surface area contributed by atoms with Gasteiger partial charge in [-0.3, -0.25) is 0 Å². The number of sulfonamides is 2. The van der Waals surface area contributed by atoms with Gasteiger partial charge in [-0.05, 0) is 36.4 Å². The summed E-state index contributed by atoms with van der Waals surface area (Å²) in [4.78, 5) is -1.05. The van der Waals surface area contributed by atoms with Crippen LogP contribution in [0.4, 0.5) is 0 Å². The first-order valence-electron chi connectivity index (χ1n) is 10.0. The highest BCUT2D eigenvalue weighted by Gasteiger charge is 2.29. The highest BCUT2D eigenvalue weighted by Crippen LogP contribution is 2.31. The summed E-state index contributed by atoms with van der Waals surface area (Å²) in [6.07, 6.45) is 0. The lowest BCUT2D eigenvalue weighted by Gasteiger charge is -2.20. The van der Waals surface area contributed by atoms with Crippen LogP contribution in [0.3, 0.4) is 0 Å². The summed E-state index contributed by atoms with van der Waals surface area (Å²) in [7, 11) is -12.1. The molecule has 32 heavy (non-hydrogen) atoms. The van der Waals surface area contributed by atoms with Crippen LogP contribution in [-0.4, -0.2) is 60.0 Å². The number of sulfone groups is 1. The molecule has 12 heteroatoms. The van der Waals surface area contributed by atoms with Gasteiger partial charge in [-0.2, -0.15) is 8.61 Å². The summed E-state index contributed by atoms with van der Waals surface area (Å²) in [5.74, 6) is 0. The zero-order chi connectivity index (χ0) is 24.3. The number of hydrogen-bond acceptors (Lipinski definition) is 6. The number of nitrogens with zero attached hydrogens (tertiary/aromatic N) is 2. The highest BCUT2D eigenvalue weighted by molar-refractivity contribution is 7.92. The molecule has 0 atom stereocenters. The molecule has 0 unspecified atom stereocenters. The first-order chi connectivity index (χ1) is 14.9. The van der Waals surface area contributed by atoms with Gasteiger partial charge in [0.2, 0.25) is 29.9 Å². The monoisotopic (exact) mass is 522 g/mol. The van der Waals surface area contributed by atoms with Gasteiger partial charge in [0.15, 0.2) is 0 Å². The Balaban J connectivity index is 2.64. The molecule has 0 aliphatic carbocycles. The van der Waals surface area contributed by atoms with Gasteiger partial charge in [0.1, 0.15) is 4.90 Å². The van der Waals surface area contributed by atoms with Crippen LogP contribution in [0, 0.1) is 0 Å². The smallest absolute Gasteiger partial charge is 0.219 e. The predicted octanol–water partition coefficient (Wildman–Crippen LogP) is 3.23. The first-order valence-corrected chi connectivity index (χ1v) is 14.8. The maximum atomic E-state index is 13.3. The number of halogens is 1. The molecule has 178 valence electrons. The lowest BCUT2D eigenvalue weighted by molar-refractivity contribution is 0.444. The SMILES string of the molecule is CCN(CC)S(=O)(=O)c1cccc(S(=O)(=O)c2ccc(Cl)c(S(=O)(=O)N(CC)CC)c2)c1. The fourth-order valence-corrected chi connectivity index (χ4v) is 8.15. The average molecular weight is 523 g/mol. The molecule has 0 aromatic heterocycles. The molecule has 8 nitrogen and oxygen atoms in total. The Morgan fingerprint density at radius 2 is 1.12 bits per heavy atom. The van der Waals surface area contributed by atoms with E-state index >= 15 is 0 Å². The van der Waals surface area contributed by atoms with E-state index in [1.54, 1.807) is 27.7 Å². The Morgan fingerprint density at radius 1 is 0.656 bits per heavy atom. The molecule has 0 saturated carbocycles. The molecule has 0 fully saturated rings. The number of benzene rings is 2. The Bertz CT molecular complexity index is 1280. The van der Waals surface area contributed by atoms with E-state index < -0.39 is 29.9 Å². The van der Waals surface area contributed by atoms with Crippen LogP contribution in [0.15, 0.2) is 62.0 Å². The second kappa shape index (κ2) is 10.2. The Hall–Kier alpha value is -1.50. The van der Waals surface area contributed by atoms with E-state index in [9.17, 15) is 25.3 Å². The van der Waals surface area contributed by atoms with Gasteiger partial charge in [-0.1, -0.05) is 45.4 Å². The van der Waals surface area contributed by atoms with E-state index in [-0.39, 0.29) is 50.8 Å². The molecular weight excluding hydrogens is 496 g/mol. The Morgan fingerprint density at radius 3 is 1.66 bits per heavy atom. The topological polar surface area (TPSA) is 109 Å². The zero-order valence-corrected chi connectivity index (χ0v) is 21.5. The van der Waals surface area contributed by atoms with Crippen LogP contribution in [-0.2, 0) is 29.9 Å². The molecule has 0 aliphatic rings. The van der Waals surface area contributed by atoms with E-state index in [0.29, 0.717) is 0 Å². The van der Waals surface area contributed by atoms with E-state index in [0.717, 1.165) is 12.1 Å². The van der Waals surface area contributed by atoms with Crippen LogP contribution >= 0.6 is 11.6 Å². The summed E-state index contributed by atoms with van der Waals surface area (Å²) in [6, 6.07) is 8.43. The van der Waals surface area contributed by atoms with Crippen LogP contribution in [0.1, 0.15) is 27.7 Å². The van der Waals surface area contributed by atoms with E-state index in [2.05, 4.69) is 0 Å². The van der Waals surface area contributed by atoms with Crippen molar-refractivity contribution in [3.05, 3.63) is 47.5 Å². The van der Waals surface area contributed by atoms with Crippen LogP contribution in [0.25, 0.3) is 0 Å². The van der Waals surface area contributed by atoms with Gasteiger partial charge >= 0.3 is 0 Å². The summed E-state index contributed by atoms with van der Waals surface area (Å²) in [5.41, 5.74) is 0. The van der Waals surface area contributed by atoms with Gasteiger partial charge in [0.25, 0.3) is 0 Å². The Labute approximate surface area is 195 Å². The van der Waals surface area contributed by atoms with Crippen molar-refractivity contribution in [3.63, 3.8) is 0 Å². The molecule has 0 amide bonds. The second-order valence-corrected chi connectivity index (χ2v) is 13.0. The first kappa shape index (κ1) is 26.7. The molecular formula is C20H27ClN2O6S3. The maximum Gasteiger partial charge on any atom is 0.244 e. The molecule has 0 saturated heterocycles. The third-order valence-corrected chi connectivity index (χ3v) is 11.3. The summed E-state index contributed by atoms with van der Waals surface area (Å²) < 4.78 is 80.4. The lowest BCUT2D eigenvalue weighted by Crippen LogP contribution is -2.31.